The van der Waals surface area contributed by atoms with Gasteiger partial charge in [-0.1, -0.05) is 48.5 Å². The molecular formula is C32H24F5N3O2. The number of halogens is 5. The second kappa shape index (κ2) is 11.9. The Morgan fingerprint density at radius 2 is 1.55 bits per heavy atom. The Morgan fingerprint density at radius 3 is 2.24 bits per heavy atom. The third-order valence-electron chi connectivity index (χ3n) is 6.93. The lowest BCUT2D eigenvalue weighted by Crippen LogP contribution is -2.29. The summed E-state index contributed by atoms with van der Waals surface area (Å²) in [6.07, 6.45) is -2.63. The molecule has 5 aromatic rings. The highest BCUT2D eigenvalue weighted by atomic mass is 19.4. The average molecular weight is 578 g/mol. The summed E-state index contributed by atoms with van der Waals surface area (Å²) < 4.78 is 68.0. The van der Waals surface area contributed by atoms with Crippen LogP contribution in [0.2, 0.25) is 0 Å². The van der Waals surface area contributed by atoms with Gasteiger partial charge in [-0.3, -0.25) is 9.59 Å². The fourth-order valence-electron chi connectivity index (χ4n) is 4.70. The van der Waals surface area contributed by atoms with Crippen molar-refractivity contribution in [1.82, 2.24) is 14.9 Å². The Kier molecular flexibility index (Phi) is 8.15. The first kappa shape index (κ1) is 28.7. The number of fused-ring (bicyclic) bond motifs is 1. The van der Waals surface area contributed by atoms with Crippen molar-refractivity contribution in [2.45, 2.75) is 32.1 Å². The van der Waals surface area contributed by atoms with Gasteiger partial charge in [-0.2, -0.15) is 13.2 Å². The van der Waals surface area contributed by atoms with Crippen LogP contribution >= 0.6 is 0 Å². The maximum absolute atomic E-state index is 14.2. The third-order valence-corrected chi connectivity index (χ3v) is 6.93. The molecule has 0 aliphatic carbocycles. The number of benzene rings is 3. The minimum absolute atomic E-state index is 0.105. The smallest absolute Gasteiger partial charge is 0.350 e. The van der Waals surface area contributed by atoms with Crippen LogP contribution in [-0.4, -0.2) is 15.5 Å². The summed E-state index contributed by atoms with van der Waals surface area (Å²) in [5.74, 6) is -2.28. The van der Waals surface area contributed by atoms with Crippen molar-refractivity contribution in [3.8, 4) is 11.1 Å². The summed E-state index contributed by atoms with van der Waals surface area (Å²) in [7, 11) is 0. The zero-order valence-corrected chi connectivity index (χ0v) is 22.1. The van der Waals surface area contributed by atoms with Crippen molar-refractivity contribution in [3.05, 3.63) is 135 Å². The van der Waals surface area contributed by atoms with E-state index in [1.807, 2.05) is 0 Å². The maximum Gasteiger partial charge on any atom is 0.416 e. The van der Waals surface area contributed by atoms with Crippen LogP contribution in [0.5, 0.6) is 0 Å². The monoisotopic (exact) mass is 577 g/mol. The van der Waals surface area contributed by atoms with E-state index in [0.29, 0.717) is 22.3 Å². The minimum Gasteiger partial charge on any atom is -0.350 e. The molecule has 5 nitrogen and oxygen atoms in total. The number of hydrogen-bond acceptors (Lipinski definition) is 3. The van der Waals surface area contributed by atoms with Gasteiger partial charge < -0.3 is 9.88 Å². The number of nitrogens with zero attached hydrogens (tertiary/aromatic N) is 2. The zero-order chi connectivity index (χ0) is 29.9. The van der Waals surface area contributed by atoms with E-state index in [-0.39, 0.29) is 42.8 Å². The van der Waals surface area contributed by atoms with Gasteiger partial charge in [-0.15, -0.1) is 0 Å². The van der Waals surface area contributed by atoms with Crippen LogP contribution in [0.25, 0.3) is 22.2 Å². The van der Waals surface area contributed by atoms with Gasteiger partial charge in [0.1, 0.15) is 12.2 Å². The number of carbonyl (C=O) groups is 1. The van der Waals surface area contributed by atoms with Gasteiger partial charge in [-0.05, 0) is 65.4 Å². The number of alkyl halides is 3. The molecule has 2 heterocycles. The number of rotatable bonds is 8. The molecule has 0 atom stereocenters. The lowest BCUT2D eigenvalue weighted by atomic mass is 10.0. The first-order chi connectivity index (χ1) is 20.1. The van der Waals surface area contributed by atoms with Crippen LogP contribution in [0, 0.1) is 11.6 Å². The molecule has 1 N–H and O–H groups in total. The molecule has 3 aromatic carbocycles. The van der Waals surface area contributed by atoms with Crippen LogP contribution in [0.1, 0.15) is 22.4 Å². The van der Waals surface area contributed by atoms with Gasteiger partial charge in [0.05, 0.1) is 10.9 Å². The fourth-order valence-corrected chi connectivity index (χ4v) is 4.70. The average Bonchev–Trinajstić information content (AvgIpc) is 2.98. The second-order valence-corrected chi connectivity index (χ2v) is 9.72. The number of carbonyl (C=O) groups excluding carboxylic acids is 1. The van der Waals surface area contributed by atoms with Gasteiger partial charge in [0.15, 0.2) is 17.1 Å². The first-order valence-electron chi connectivity index (χ1n) is 13.0. The van der Waals surface area contributed by atoms with Crippen molar-refractivity contribution in [2.24, 2.45) is 0 Å². The molecular weight excluding hydrogens is 553 g/mol. The SMILES string of the molecule is O=C(Cn1c(CCc2cccc(F)c2F)cc(=O)c2cccnc21)NCc1ccc(-c2ccc(C(F)(F)F)cc2)cc1. The Morgan fingerprint density at radius 1 is 0.857 bits per heavy atom. The van der Waals surface area contributed by atoms with E-state index in [0.717, 1.165) is 29.3 Å². The van der Waals surface area contributed by atoms with Gasteiger partial charge in [-0.25, -0.2) is 13.8 Å². The van der Waals surface area contributed by atoms with Crippen LogP contribution in [0.4, 0.5) is 22.0 Å². The minimum atomic E-state index is -4.40. The highest BCUT2D eigenvalue weighted by Gasteiger charge is 2.30. The lowest BCUT2D eigenvalue weighted by molar-refractivity contribution is -0.137. The summed E-state index contributed by atoms with van der Waals surface area (Å²) in [5.41, 5.74) is 2.01. The molecule has 0 bridgehead atoms. The summed E-state index contributed by atoms with van der Waals surface area (Å²) in [6, 6.07) is 20.4. The molecule has 2 aromatic heterocycles. The molecule has 0 saturated carbocycles. The van der Waals surface area contributed by atoms with E-state index in [1.54, 1.807) is 41.0 Å². The van der Waals surface area contributed by atoms with Crippen LogP contribution in [0.15, 0.2) is 95.9 Å². The van der Waals surface area contributed by atoms with Crippen molar-refractivity contribution in [2.75, 3.05) is 0 Å². The van der Waals surface area contributed by atoms with Gasteiger partial charge in [0, 0.05) is 24.5 Å². The quantitative estimate of drug-likeness (QED) is 0.215. The molecule has 0 fully saturated rings. The number of aryl methyl sites for hydroxylation is 2. The van der Waals surface area contributed by atoms with Crippen LogP contribution < -0.4 is 10.7 Å². The summed E-state index contributed by atoms with van der Waals surface area (Å²) in [4.78, 5) is 30.0. The van der Waals surface area contributed by atoms with E-state index in [4.69, 9.17) is 0 Å². The topological polar surface area (TPSA) is 64.0 Å². The molecule has 10 heteroatoms. The third kappa shape index (κ3) is 6.38. The molecule has 214 valence electrons. The lowest BCUT2D eigenvalue weighted by Gasteiger charge is -2.16. The molecule has 5 rings (SSSR count). The summed E-state index contributed by atoms with van der Waals surface area (Å²) in [5, 5.41) is 3.15. The Hall–Kier alpha value is -4.86. The largest absolute Gasteiger partial charge is 0.416 e. The van der Waals surface area contributed by atoms with Gasteiger partial charge >= 0.3 is 6.18 Å². The molecule has 42 heavy (non-hydrogen) atoms. The number of aromatic nitrogens is 2. The van der Waals surface area contributed by atoms with Crippen molar-refractivity contribution >= 4 is 16.9 Å². The van der Waals surface area contributed by atoms with E-state index in [9.17, 15) is 31.5 Å². The number of nitrogens with one attached hydrogen (secondary N) is 1. The molecule has 1 amide bonds. The van der Waals surface area contributed by atoms with E-state index >= 15 is 0 Å². The molecule has 0 saturated heterocycles. The van der Waals surface area contributed by atoms with Gasteiger partial charge in [0.25, 0.3) is 0 Å². The fraction of sp³-hybridized carbons (Fsp3) is 0.156. The molecule has 0 spiro atoms. The van der Waals surface area contributed by atoms with Crippen molar-refractivity contribution in [1.29, 1.82) is 0 Å². The predicted molar refractivity (Wildman–Crippen MR) is 148 cm³/mol. The number of amides is 1. The van der Waals surface area contributed by atoms with Crippen LogP contribution in [0.3, 0.4) is 0 Å². The number of pyridine rings is 2. The number of hydrogen-bond donors (Lipinski definition) is 1. The molecule has 0 aliphatic heterocycles. The summed E-state index contributed by atoms with van der Waals surface area (Å²) in [6.45, 7) is 0.0138. The standard InChI is InChI=1S/C32H24F5N3O2/c33-27-5-1-3-23(30(27)34)12-15-25-17-28(41)26-4-2-16-38-31(26)40(25)19-29(42)39-18-20-6-8-21(9-7-20)22-10-13-24(14-11-22)32(35,36)37/h1-11,13-14,16-17H,12,15,18-19H2,(H,39,42). The van der Waals surface area contributed by atoms with E-state index in [2.05, 4.69) is 10.3 Å². The maximum atomic E-state index is 14.2. The van der Waals surface area contributed by atoms with Crippen LogP contribution in [-0.2, 0) is 36.9 Å². The molecule has 0 aliphatic rings. The van der Waals surface area contributed by atoms with Crippen molar-refractivity contribution < 1.29 is 26.7 Å². The Balaban J connectivity index is 1.30. The van der Waals surface area contributed by atoms with E-state index in [1.165, 1.54) is 36.5 Å². The zero-order valence-electron chi connectivity index (χ0n) is 22.1. The predicted octanol–water partition coefficient (Wildman–Crippen LogP) is 6.46. The second-order valence-electron chi connectivity index (χ2n) is 9.72. The Bertz CT molecular complexity index is 1800. The summed E-state index contributed by atoms with van der Waals surface area (Å²) >= 11 is 0. The van der Waals surface area contributed by atoms with Crippen molar-refractivity contribution in [3.63, 3.8) is 0 Å². The molecule has 0 radical (unpaired) electrons. The Labute approximate surface area is 237 Å². The van der Waals surface area contributed by atoms with Gasteiger partial charge in [0.2, 0.25) is 5.91 Å². The molecule has 0 unspecified atom stereocenters. The first-order valence-corrected chi connectivity index (χ1v) is 13.0. The highest BCUT2D eigenvalue weighted by Crippen LogP contribution is 2.31. The van der Waals surface area contributed by atoms with E-state index < -0.39 is 23.4 Å². The normalized spacial score (nSPS) is 11.5. The highest BCUT2D eigenvalue weighted by molar-refractivity contribution is 5.80.